The molecule has 0 amide bonds. The van der Waals surface area contributed by atoms with Crippen molar-refractivity contribution in [2.75, 3.05) is 32.8 Å². The molecule has 3 aromatic rings. The number of pyridine rings is 1. The van der Waals surface area contributed by atoms with Gasteiger partial charge in [-0.05, 0) is 61.7 Å². The van der Waals surface area contributed by atoms with Crippen molar-refractivity contribution < 1.29 is 18.3 Å². The highest BCUT2D eigenvalue weighted by Crippen LogP contribution is 2.23. The molecule has 0 unspecified atom stereocenters. The van der Waals surface area contributed by atoms with Gasteiger partial charge in [-0.1, -0.05) is 30.3 Å². The third-order valence-corrected chi connectivity index (χ3v) is 7.30. The molecular weight excluding hydrogens is 426 g/mol. The number of aromatic nitrogens is 1. The molecule has 1 fully saturated rings. The molecule has 1 aliphatic heterocycles. The van der Waals surface area contributed by atoms with Gasteiger partial charge in [0.2, 0.25) is 10.0 Å². The van der Waals surface area contributed by atoms with E-state index in [-0.39, 0.29) is 11.5 Å². The number of rotatable bonds is 9. The molecule has 1 aromatic heterocycles. The second-order valence-electron chi connectivity index (χ2n) is 8.12. The summed E-state index contributed by atoms with van der Waals surface area (Å²) in [4.78, 5) is 6.89. The molecule has 0 aliphatic carbocycles. The Morgan fingerprint density at radius 2 is 1.81 bits per heavy atom. The number of para-hydroxylation sites is 1. The van der Waals surface area contributed by atoms with Gasteiger partial charge in [-0.2, -0.15) is 0 Å². The van der Waals surface area contributed by atoms with Crippen molar-refractivity contribution in [3.8, 4) is 5.75 Å². The van der Waals surface area contributed by atoms with Crippen molar-refractivity contribution in [2.45, 2.75) is 24.3 Å². The van der Waals surface area contributed by atoms with Crippen LogP contribution in [0.25, 0.3) is 10.9 Å². The molecule has 2 aromatic carbocycles. The monoisotopic (exact) mass is 455 g/mol. The van der Waals surface area contributed by atoms with Crippen LogP contribution in [0.3, 0.4) is 0 Å². The van der Waals surface area contributed by atoms with Crippen molar-refractivity contribution in [1.29, 1.82) is 0 Å². The predicted molar refractivity (Wildman–Crippen MR) is 124 cm³/mol. The minimum absolute atomic E-state index is 0.00564. The van der Waals surface area contributed by atoms with Crippen molar-refractivity contribution in [3.63, 3.8) is 0 Å². The lowest BCUT2D eigenvalue weighted by Crippen LogP contribution is -2.38. The zero-order valence-electron chi connectivity index (χ0n) is 18.0. The maximum atomic E-state index is 12.9. The van der Waals surface area contributed by atoms with Gasteiger partial charge in [0.25, 0.3) is 0 Å². The smallest absolute Gasteiger partial charge is 0.242 e. The second kappa shape index (κ2) is 10.4. The summed E-state index contributed by atoms with van der Waals surface area (Å²) in [5, 5.41) is 9.65. The second-order valence-corrected chi connectivity index (χ2v) is 9.85. The van der Waals surface area contributed by atoms with Gasteiger partial charge >= 0.3 is 0 Å². The van der Waals surface area contributed by atoms with Gasteiger partial charge in [-0.25, -0.2) is 13.1 Å². The summed E-state index contributed by atoms with van der Waals surface area (Å²) < 4.78 is 34.0. The van der Waals surface area contributed by atoms with Gasteiger partial charge in [-0.3, -0.25) is 9.88 Å². The number of likely N-dealkylation sites (tertiary alicyclic amines) is 1. The lowest BCUT2D eigenvalue weighted by molar-refractivity contribution is 0.178. The molecule has 0 spiro atoms. The largest absolute Gasteiger partial charge is 0.491 e. The lowest BCUT2D eigenvalue weighted by atomic mass is 9.97. The summed E-state index contributed by atoms with van der Waals surface area (Å²) in [7, 11) is -3.61. The minimum atomic E-state index is -3.61. The van der Waals surface area contributed by atoms with E-state index >= 15 is 0 Å². The highest BCUT2D eigenvalue weighted by Gasteiger charge is 2.23. The first-order valence-corrected chi connectivity index (χ1v) is 12.4. The lowest BCUT2D eigenvalue weighted by Gasteiger charge is -2.32. The van der Waals surface area contributed by atoms with E-state index in [1.54, 1.807) is 24.4 Å². The average Bonchev–Trinajstić information content (AvgIpc) is 2.83. The first kappa shape index (κ1) is 22.7. The van der Waals surface area contributed by atoms with Crippen LogP contribution in [-0.2, 0) is 16.6 Å². The summed E-state index contributed by atoms with van der Waals surface area (Å²) in [6.45, 7) is 3.48. The fourth-order valence-corrected chi connectivity index (χ4v) is 5.35. The van der Waals surface area contributed by atoms with Crippen LogP contribution in [0.5, 0.6) is 5.75 Å². The highest BCUT2D eigenvalue weighted by atomic mass is 32.2. The number of piperidine rings is 1. The van der Waals surface area contributed by atoms with Crippen molar-refractivity contribution in [3.05, 3.63) is 66.4 Å². The van der Waals surface area contributed by atoms with Crippen LogP contribution in [0.2, 0.25) is 0 Å². The highest BCUT2D eigenvalue weighted by molar-refractivity contribution is 7.89. The summed E-state index contributed by atoms with van der Waals surface area (Å²) in [6.07, 6.45) is 3.52. The molecule has 7 nitrogen and oxygen atoms in total. The molecule has 1 aliphatic rings. The normalized spacial score (nSPS) is 15.8. The van der Waals surface area contributed by atoms with E-state index < -0.39 is 10.0 Å². The van der Waals surface area contributed by atoms with Crippen LogP contribution in [-0.4, -0.2) is 56.3 Å². The molecule has 0 atom stereocenters. The summed E-state index contributed by atoms with van der Waals surface area (Å²) in [5.74, 6) is 1.08. The van der Waals surface area contributed by atoms with E-state index in [1.165, 1.54) is 5.56 Å². The van der Waals surface area contributed by atoms with E-state index in [0.29, 0.717) is 24.6 Å². The van der Waals surface area contributed by atoms with E-state index in [1.807, 2.05) is 36.4 Å². The van der Waals surface area contributed by atoms with Gasteiger partial charge in [0.05, 0.1) is 12.1 Å². The fraction of sp³-hybridized carbons (Fsp3) is 0.375. The quantitative estimate of drug-likeness (QED) is 0.516. The number of nitrogens with one attached hydrogen (secondary N) is 1. The van der Waals surface area contributed by atoms with Crippen molar-refractivity contribution in [2.24, 2.45) is 5.92 Å². The number of sulfonamides is 1. The molecule has 0 saturated carbocycles. The summed E-state index contributed by atoms with van der Waals surface area (Å²) in [5.41, 5.74) is 1.72. The number of hydrogen-bond donors (Lipinski definition) is 2. The van der Waals surface area contributed by atoms with Crippen LogP contribution in [0.15, 0.2) is 65.7 Å². The molecule has 8 heteroatoms. The first-order chi connectivity index (χ1) is 15.5. The zero-order chi connectivity index (χ0) is 22.4. The van der Waals surface area contributed by atoms with Crippen LogP contribution in [0, 0.1) is 5.92 Å². The van der Waals surface area contributed by atoms with Crippen molar-refractivity contribution >= 4 is 20.9 Å². The van der Waals surface area contributed by atoms with E-state index in [2.05, 4.69) is 14.6 Å². The first-order valence-electron chi connectivity index (χ1n) is 10.9. The van der Waals surface area contributed by atoms with Crippen LogP contribution in [0.4, 0.5) is 0 Å². The molecule has 0 bridgehead atoms. The third-order valence-electron chi connectivity index (χ3n) is 5.84. The number of aliphatic hydroxyl groups is 1. The number of aliphatic hydroxyl groups excluding tert-OH is 1. The maximum Gasteiger partial charge on any atom is 0.242 e. The average molecular weight is 456 g/mol. The summed E-state index contributed by atoms with van der Waals surface area (Å²) >= 11 is 0. The van der Waals surface area contributed by atoms with Gasteiger partial charge in [0.15, 0.2) is 0 Å². The molecule has 32 heavy (non-hydrogen) atoms. The minimum Gasteiger partial charge on any atom is -0.491 e. The van der Waals surface area contributed by atoms with Gasteiger partial charge < -0.3 is 9.84 Å². The Hall–Kier alpha value is -2.52. The fourth-order valence-electron chi connectivity index (χ4n) is 4.06. The van der Waals surface area contributed by atoms with E-state index in [9.17, 15) is 8.42 Å². The Bertz CT molecular complexity index is 1120. The Labute approximate surface area is 189 Å². The molecule has 2 N–H and O–H groups in total. The number of ether oxygens (including phenoxy) is 1. The molecule has 0 radical (unpaired) electrons. The Morgan fingerprint density at radius 1 is 1.06 bits per heavy atom. The van der Waals surface area contributed by atoms with Crippen LogP contribution in [0.1, 0.15) is 18.4 Å². The number of nitrogens with zero attached hydrogens (tertiary/aromatic N) is 2. The van der Waals surface area contributed by atoms with Gasteiger partial charge in [-0.15, -0.1) is 0 Å². The maximum absolute atomic E-state index is 12.9. The molecular formula is C24H29N3O4S. The molecule has 1 saturated heterocycles. The number of benzene rings is 2. The molecule has 170 valence electrons. The predicted octanol–water partition coefficient (Wildman–Crippen LogP) is 2.80. The Morgan fingerprint density at radius 3 is 2.56 bits per heavy atom. The van der Waals surface area contributed by atoms with Gasteiger partial charge in [0, 0.05) is 24.7 Å². The Kier molecular flexibility index (Phi) is 7.36. The van der Waals surface area contributed by atoms with E-state index in [0.717, 1.165) is 43.6 Å². The van der Waals surface area contributed by atoms with Crippen LogP contribution >= 0.6 is 0 Å². The van der Waals surface area contributed by atoms with Crippen molar-refractivity contribution in [1.82, 2.24) is 14.6 Å². The summed E-state index contributed by atoms with van der Waals surface area (Å²) in [6, 6.07) is 16.8. The van der Waals surface area contributed by atoms with E-state index in [4.69, 9.17) is 9.84 Å². The number of hydrogen-bond acceptors (Lipinski definition) is 6. The molecule has 4 rings (SSSR count). The topological polar surface area (TPSA) is 91.8 Å². The number of fused-ring (bicyclic) bond motifs is 1. The SMILES string of the molecule is O=S(=O)(NCC1CCN(Cc2ccc(OCCO)cc2)CC1)c1cccc2cccnc12. The zero-order valence-corrected chi connectivity index (χ0v) is 18.8. The third kappa shape index (κ3) is 5.63. The Balaban J connectivity index is 1.28. The molecule has 2 heterocycles. The standard InChI is InChI=1S/C24H29N3O4S/c28-15-16-31-22-8-6-20(7-9-22)18-27-13-10-19(11-14-27)17-26-32(29,30)23-5-1-3-21-4-2-12-25-24(21)23/h1-9,12,19,26,28H,10-11,13-18H2. The van der Waals surface area contributed by atoms with Gasteiger partial charge in [0.1, 0.15) is 17.3 Å². The van der Waals surface area contributed by atoms with Crippen LogP contribution < -0.4 is 9.46 Å².